The van der Waals surface area contributed by atoms with Crippen LogP contribution in [0.25, 0.3) is 0 Å². The molecule has 2 N–H and O–H groups in total. The Labute approximate surface area is 91.1 Å². The first kappa shape index (κ1) is 11.9. The van der Waals surface area contributed by atoms with Crippen molar-refractivity contribution < 1.29 is 19.4 Å². The number of hydrogen-bond donors (Lipinski definition) is 2. The van der Waals surface area contributed by atoms with E-state index in [0.29, 0.717) is 12.0 Å². The lowest BCUT2D eigenvalue weighted by atomic mass is 10.1. The van der Waals surface area contributed by atoms with Gasteiger partial charge in [-0.1, -0.05) is 17.7 Å². The van der Waals surface area contributed by atoms with E-state index >= 15 is 0 Å². The summed E-state index contributed by atoms with van der Waals surface area (Å²) in [4.78, 5) is 10.3. The number of hydrogen-bond acceptors (Lipinski definition) is 2. The normalized spacial score (nSPS) is 12.5. The Morgan fingerprint density at radius 2 is 2.20 bits per heavy atom. The van der Waals surface area contributed by atoms with Crippen molar-refractivity contribution in [2.75, 3.05) is 0 Å². The number of carbonyl (C=O) groups is 1. The van der Waals surface area contributed by atoms with Gasteiger partial charge in [-0.05, 0) is 30.5 Å². The molecule has 0 radical (unpaired) electrons. The van der Waals surface area contributed by atoms with Crippen LogP contribution in [0.2, 0.25) is 5.02 Å². The number of benzene rings is 1. The van der Waals surface area contributed by atoms with Gasteiger partial charge >= 0.3 is 5.97 Å². The summed E-state index contributed by atoms with van der Waals surface area (Å²) in [5.74, 6) is -1.78. The van der Waals surface area contributed by atoms with Crippen LogP contribution in [-0.2, 0) is 11.2 Å². The van der Waals surface area contributed by atoms with E-state index in [1.807, 2.05) is 0 Å². The fourth-order valence-electron chi connectivity index (χ4n) is 1.12. The van der Waals surface area contributed by atoms with Gasteiger partial charge in [0.05, 0.1) is 5.02 Å². The number of carboxylic acid groups (broad SMARTS) is 1. The molecule has 0 amide bonds. The summed E-state index contributed by atoms with van der Waals surface area (Å²) in [7, 11) is 0. The van der Waals surface area contributed by atoms with E-state index in [9.17, 15) is 9.18 Å². The van der Waals surface area contributed by atoms with Crippen molar-refractivity contribution in [2.45, 2.75) is 18.9 Å². The lowest BCUT2D eigenvalue weighted by Crippen LogP contribution is -2.19. The van der Waals surface area contributed by atoms with Crippen molar-refractivity contribution in [1.82, 2.24) is 0 Å². The van der Waals surface area contributed by atoms with Crippen LogP contribution < -0.4 is 0 Å². The Balaban J connectivity index is 2.58. The zero-order valence-corrected chi connectivity index (χ0v) is 8.54. The highest BCUT2D eigenvalue weighted by Gasteiger charge is 2.12. The van der Waals surface area contributed by atoms with E-state index in [2.05, 4.69) is 0 Å². The summed E-state index contributed by atoms with van der Waals surface area (Å²) < 4.78 is 12.8. The molecule has 1 aromatic rings. The van der Waals surface area contributed by atoms with Crippen molar-refractivity contribution in [3.63, 3.8) is 0 Å². The first-order valence-corrected chi connectivity index (χ1v) is 4.73. The van der Waals surface area contributed by atoms with Crippen LogP contribution in [0.1, 0.15) is 12.0 Å². The molecule has 1 atom stereocenters. The third-order valence-corrected chi connectivity index (χ3v) is 2.27. The van der Waals surface area contributed by atoms with Gasteiger partial charge in [0, 0.05) is 0 Å². The van der Waals surface area contributed by atoms with Gasteiger partial charge in [-0.15, -0.1) is 0 Å². The second-order valence-electron chi connectivity index (χ2n) is 3.14. The maximum absolute atomic E-state index is 12.8. The van der Waals surface area contributed by atoms with Gasteiger partial charge in [0.1, 0.15) is 5.82 Å². The van der Waals surface area contributed by atoms with E-state index in [4.69, 9.17) is 21.8 Å². The zero-order chi connectivity index (χ0) is 11.4. The van der Waals surface area contributed by atoms with Gasteiger partial charge in [0.25, 0.3) is 0 Å². The molecule has 0 aliphatic rings. The second-order valence-corrected chi connectivity index (χ2v) is 3.55. The van der Waals surface area contributed by atoms with Crippen LogP contribution in [0.15, 0.2) is 18.2 Å². The summed E-state index contributed by atoms with van der Waals surface area (Å²) in [6.45, 7) is 0. The minimum atomic E-state index is -1.39. The smallest absolute Gasteiger partial charge is 0.332 e. The minimum Gasteiger partial charge on any atom is -0.479 e. The maximum Gasteiger partial charge on any atom is 0.332 e. The number of rotatable bonds is 4. The van der Waals surface area contributed by atoms with Gasteiger partial charge in [-0.2, -0.15) is 0 Å². The standard InChI is InChI=1S/C10H10ClFO3/c11-7-5-6(1-3-8(7)12)2-4-9(13)10(14)15/h1,3,5,9,13H,2,4H2,(H,14,15). The van der Waals surface area contributed by atoms with Crippen molar-refractivity contribution >= 4 is 17.6 Å². The molecule has 1 aromatic carbocycles. The van der Waals surface area contributed by atoms with E-state index in [-0.39, 0.29) is 11.4 Å². The van der Waals surface area contributed by atoms with Crippen LogP contribution in [0.3, 0.4) is 0 Å². The fraction of sp³-hybridized carbons (Fsp3) is 0.300. The maximum atomic E-state index is 12.8. The number of aliphatic carboxylic acids is 1. The van der Waals surface area contributed by atoms with Gasteiger partial charge in [0.2, 0.25) is 0 Å². The molecule has 15 heavy (non-hydrogen) atoms. The molecule has 0 fully saturated rings. The molecule has 0 heterocycles. The predicted molar refractivity (Wildman–Crippen MR) is 53.4 cm³/mol. The Morgan fingerprint density at radius 3 is 2.73 bits per heavy atom. The van der Waals surface area contributed by atoms with Crippen LogP contribution in [0.4, 0.5) is 4.39 Å². The summed E-state index contributed by atoms with van der Waals surface area (Å²) in [6, 6.07) is 4.14. The summed E-state index contributed by atoms with van der Waals surface area (Å²) in [6.07, 6.45) is -0.973. The molecule has 1 unspecified atom stereocenters. The molecule has 0 bridgehead atoms. The molecule has 0 aliphatic heterocycles. The monoisotopic (exact) mass is 232 g/mol. The first-order valence-electron chi connectivity index (χ1n) is 4.35. The highest BCUT2D eigenvalue weighted by molar-refractivity contribution is 6.30. The molecule has 0 aromatic heterocycles. The number of aliphatic hydroxyl groups excluding tert-OH is 1. The van der Waals surface area contributed by atoms with Crippen molar-refractivity contribution in [1.29, 1.82) is 0 Å². The Morgan fingerprint density at radius 1 is 1.53 bits per heavy atom. The van der Waals surface area contributed by atoms with Crippen molar-refractivity contribution in [3.05, 3.63) is 34.6 Å². The quantitative estimate of drug-likeness (QED) is 0.833. The molecular weight excluding hydrogens is 223 g/mol. The number of halogens is 2. The third-order valence-electron chi connectivity index (χ3n) is 1.98. The molecule has 82 valence electrons. The SMILES string of the molecule is O=C(O)C(O)CCc1ccc(F)c(Cl)c1. The van der Waals surface area contributed by atoms with Gasteiger partial charge in [-0.25, -0.2) is 9.18 Å². The lowest BCUT2D eigenvalue weighted by Gasteiger charge is -2.05. The number of carboxylic acids is 1. The fourth-order valence-corrected chi connectivity index (χ4v) is 1.33. The van der Waals surface area contributed by atoms with E-state index < -0.39 is 17.9 Å². The summed E-state index contributed by atoms with van der Waals surface area (Å²) in [5, 5.41) is 17.4. The Bertz CT molecular complexity index is 368. The molecule has 3 nitrogen and oxygen atoms in total. The lowest BCUT2D eigenvalue weighted by molar-refractivity contribution is -0.146. The van der Waals surface area contributed by atoms with Crippen LogP contribution >= 0.6 is 11.6 Å². The highest BCUT2D eigenvalue weighted by Crippen LogP contribution is 2.17. The van der Waals surface area contributed by atoms with E-state index in [1.54, 1.807) is 0 Å². The first-order chi connectivity index (χ1) is 7.00. The van der Waals surface area contributed by atoms with Gasteiger partial charge in [0.15, 0.2) is 6.10 Å². The number of aliphatic hydroxyl groups is 1. The average Bonchev–Trinajstić information content (AvgIpc) is 2.19. The molecule has 1 rings (SSSR count). The Hall–Kier alpha value is -1.13. The topological polar surface area (TPSA) is 57.5 Å². The molecule has 5 heteroatoms. The molecule has 0 spiro atoms. The molecule has 0 aliphatic carbocycles. The van der Waals surface area contributed by atoms with Gasteiger partial charge in [-0.3, -0.25) is 0 Å². The predicted octanol–water partition coefficient (Wildman–Crippen LogP) is 1.86. The summed E-state index contributed by atoms with van der Waals surface area (Å²) >= 11 is 5.54. The van der Waals surface area contributed by atoms with Gasteiger partial charge < -0.3 is 10.2 Å². The Kier molecular flexibility index (Phi) is 4.05. The van der Waals surface area contributed by atoms with Crippen LogP contribution in [0.5, 0.6) is 0 Å². The van der Waals surface area contributed by atoms with Crippen molar-refractivity contribution in [3.8, 4) is 0 Å². The van der Waals surface area contributed by atoms with Crippen molar-refractivity contribution in [2.24, 2.45) is 0 Å². The zero-order valence-electron chi connectivity index (χ0n) is 7.78. The average molecular weight is 233 g/mol. The third kappa shape index (κ3) is 3.49. The van der Waals surface area contributed by atoms with Crippen LogP contribution in [-0.4, -0.2) is 22.3 Å². The van der Waals surface area contributed by atoms with E-state index in [0.717, 1.165) is 0 Å². The highest BCUT2D eigenvalue weighted by atomic mass is 35.5. The molecule has 0 saturated carbocycles. The summed E-state index contributed by atoms with van der Waals surface area (Å²) in [5.41, 5.74) is 0.696. The second kappa shape index (κ2) is 5.09. The minimum absolute atomic E-state index is 0.00249. The largest absolute Gasteiger partial charge is 0.479 e. The number of aryl methyl sites for hydroxylation is 1. The van der Waals surface area contributed by atoms with E-state index in [1.165, 1.54) is 18.2 Å². The molecular formula is C10H10ClFO3. The molecule has 0 saturated heterocycles. The van der Waals surface area contributed by atoms with Crippen LogP contribution in [0, 0.1) is 5.82 Å².